The number of carbonyl (C=O) groups is 1. The molecule has 0 unspecified atom stereocenters. The van der Waals surface area contributed by atoms with Crippen molar-refractivity contribution in [1.82, 2.24) is 0 Å². The number of nitrogens with one attached hydrogen (secondary N) is 1. The third-order valence-corrected chi connectivity index (χ3v) is 1.02. The summed E-state index contributed by atoms with van der Waals surface area (Å²) in [6.45, 7) is 1.47. The van der Waals surface area contributed by atoms with E-state index in [0.29, 0.717) is 0 Å². The number of carbonyl (C=O) groups excluding carboxylic acids is 1. The van der Waals surface area contributed by atoms with Gasteiger partial charge in [0.25, 0.3) is 0 Å². The molecule has 0 saturated carbocycles. The molecule has 0 atom stereocenters. The SMILES string of the molecule is CC(=O)Nc1[c-]cccc1.[Cs+]. The molecule has 1 N–H and O–H groups in total. The van der Waals surface area contributed by atoms with E-state index in [2.05, 4.69) is 11.4 Å². The third kappa shape index (κ3) is 5.06. The van der Waals surface area contributed by atoms with Crippen LogP contribution >= 0.6 is 0 Å². The molecule has 0 radical (unpaired) electrons. The van der Waals surface area contributed by atoms with Crippen molar-refractivity contribution in [3.63, 3.8) is 0 Å². The van der Waals surface area contributed by atoms with Gasteiger partial charge in [-0.25, -0.2) is 0 Å². The van der Waals surface area contributed by atoms with E-state index in [1.54, 1.807) is 12.1 Å². The molecule has 1 aromatic rings. The van der Waals surface area contributed by atoms with Crippen molar-refractivity contribution in [2.24, 2.45) is 0 Å². The maximum atomic E-state index is 10.5. The topological polar surface area (TPSA) is 29.1 Å². The molecule has 11 heavy (non-hydrogen) atoms. The van der Waals surface area contributed by atoms with Crippen LogP contribution in [0.4, 0.5) is 5.69 Å². The van der Waals surface area contributed by atoms with E-state index in [4.69, 9.17) is 0 Å². The Balaban J connectivity index is 0.000001000. The monoisotopic (exact) mass is 267 g/mol. The van der Waals surface area contributed by atoms with Gasteiger partial charge >= 0.3 is 68.9 Å². The molecule has 0 aliphatic carbocycles. The molecule has 0 bridgehead atoms. The number of benzene rings is 1. The summed E-state index contributed by atoms with van der Waals surface area (Å²) in [5.74, 6) is -0.0672. The predicted octanol–water partition coefficient (Wildman–Crippen LogP) is -1.55. The summed E-state index contributed by atoms with van der Waals surface area (Å²) in [6.07, 6.45) is 0. The first-order valence-corrected chi connectivity index (χ1v) is 3.03. The molecular formula is C8H8CsNO. The Labute approximate surface area is 125 Å². The van der Waals surface area contributed by atoms with Gasteiger partial charge in [0.15, 0.2) is 0 Å². The molecule has 0 aromatic heterocycles. The van der Waals surface area contributed by atoms with Crippen molar-refractivity contribution in [3.8, 4) is 0 Å². The zero-order chi connectivity index (χ0) is 7.40. The molecule has 0 aliphatic heterocycles. The Hall–Kier alpha value is 0.742. The molecule has 0 heterocycles. The van der Waals surface area contributed by atoms with Crippen molar-refractivity contribution in [2.75, 3.05) is 5.32 Å². The van der Waals surface area contributed by atoms with Gasteiger partial charge in [-0.2, -0.15) is 24.3 Å². The number of para-hydroxylation sites is 1. The maximum Gasteiger partial charge on any atom is 1.00 e. The van der Waals surface area contributed by atoms with E-state index in [-0.39, 0.29) is 74.8 Å². The van der Waals surface area contributed by atoms with E-state index in [9.17, 15) is 4.79 Å². The summed E-state index contributed by atoms with van der Waals surface area (Å²) in [5.41, 5.74) is 0.718. The minimum Gasteiger partial charge on any atom is -0.350 e. The van der Waals surface area contributed by atoms with Gasteiger partial charge in [-0.3, -0.25) is 4.79 Å². The van der Waals surface area contributed by atoms with Crippen LogP contribution in [0.3, 0.4) is 0 Å². The number of hydrogen-bond donors (Lipinski definition) is 1. The van der Waals surface area contributed by atoms with Crippen LogP contribution in [0.15, 0.2) is 24.3 Å². The molecule has 52 valence electrons. The van der Waals surface area contributed by atoms with Crippen LogP contribution in [0.1, 0.15) is 6.92 Å². The fraction of sp³-hybridized carbons (Fsp3) is 0.125. The summed E-state index contributed by atoms with van der Waals surface area (Å²) < 4.78 is 0. The number of anilines is 1. The predicted molar refractivity (Wildman–Crippen MR) is 39.6 cm³/mol. The second-order valence-electron chi connectivity index (χ2n) is 1.96. The quantitative estimate of drug-likeness (QED) is 0.613. The van der Waals surface area contributed by atoms with E-state index in [0.717, 1.165) is 5.69 Å². The van der Waals surface area contributed by atoms with Gasteiger partial charge in [-0.1, -0.05) is 5.69 Å². The first-order chi connectivity index (χ1) is 4.79. The third-order valence-electron chi connectivity index (χ3n) is 1.02. The summed E-state index contributed by atoms with van der Waals surface area (Å²) >= 11 is 0. The Morgan fingerprint density at radius 2 is 2.27 bits per heavy atom. The van der Waals surface area contributed by atoms with Crippen LogP contribution in [-0.4, -0.2) is 5.91 Å². The number of amides is 1. The minimum atomic E-state index is -0.0672. The first-order valence-electron chi connectivity index (χ1n) is 3.03. The van der Waals surface area contributed by atoms with Crippen LogP contribution in [0, 0.1) is 6.07 Å². The van der Waals surface area contributed by atoms with Gasteiger partial charge in [-0.15, -0.1) is 6.07 Å². The van der Waals surface area contributed by atoms with E-state index in [1.165, 1.54) is 6.92 Å². The van der Waals surface area contributed by atoms with Gasteiger partial charge < -0.3 is 5.32 Å². The fourth-order valence-electron chi connectivity index (χ4n) is 0.661. The van der Waals surface area contributed by atoms with Crippen LogP contribution in [0.5, 0.6) is 0 Å². The molecule has 1 amide bonds. The van der Waals surface area contributed by atoms with Gasteiger partial charge in [0.05, 0.1) is 0 Å². The fourth-order valence-corrected chi connectivity index (χ4v) is 0.661. The Kier molecular flexibility index (Phi) is 6.70. The molecule has 0 fully saturated rings. The number of hydrogen-bond acceptors (Lipinski definition) is 1. The van der Waals surface area contributed by atoms with Crippen molar-refractivity contribution in [2.45, 2.75) is 6.92 Å². The van der Waals surface area contributed by atoms with E-state index in [1.807, 2.05) is 12.1 Å². The van der Waals surface area contributed by atoms with Crippen LogP contribution in [-0.2, 0) is 4.79 Å². The number of rotatable bonds is 1. The molecule has 1 aromatic carbocycles. The minimum absolute atomic E-state index is 0. The molecule has 0 saturated heterocycles. The zero-order valence-corrected chi connectivity index (χ0v) is 13.0. The van der Waals surface area contributed by atoms with Crippen molar-refractivity contribution in [3.05, 3.63) is 30.3 Å². The van der Waals surface area contributed by atoms with Gasteiger partial charge in [0.1, 0.15) is 0 Å². The van der Waals surface area contributed by atoms with Gasteiger partial charge in [-0.05, 0) is 0 Å². The second kappa shape index (κ2) is 6.28. The van der Waals surface area contributed by atoms with Crippen molar-refractivity contribution in [1.29, 1.82) is 0 Å². The normalized spacial score (nSPS) is 8.09. The second-order valence-corrected chi connectivity index (χ2v) is 1.96. The Bertz CT molecular complexity index is 223. The van der Waals surface area contributed by atoms with Crippen LogP contribution in [0.25, 0.3) is 0 Å². The van der Waals surface area contributed by atoms with Crippen molar-refractivity contribution < 1.29 is 73.7 Å². The standard InChI is InChI=1S/C8H8NO.Cs/c1-7(10)9-8-5-3-2-4-6-8;/h2-5H,1H3,(H,9,10);/q-1;+1. The Morgan fingerprint density at radius 3 is 2.73 bits per heavy atom. The molecule has 3 heteroatoms. The zero-order valence-electron chi connectivity index (χ0n) is 6.72. The van der Waals surface area contributed by atoms with E-state index < -0.39 is 0 Å². The largest absolute Gasteiger partial charge is 1.00 e. The molecule has 1 rings (SSSR count). The summed E-state index contributed by atoms with van der Waals surface area (Å²) in [7, 11) is 0. The molecule has 0 spiro atoms. The summed E-state index contributed by atoms with van der Waals surface area (Å²) in [6, 6.07) is 10.1. The smallest absolute Gasteiger partial charge is 0.350 e. The van der Waals surface area contributed by atoms with Crippen molar-refractivity contribution >= 4 is 11.6 Å². The van der Waals surface area contributed by atoms with Crippen LogP contribution in [0.2, 0.25) is 0 Å². The summed E-state index contributed by atoms with van der Waals surface area (Å²) in [5, 5.41) is 2.61. The molecule has 0 aliphatic rings. The average molecular weight is 267 g/mol. The Morgan fingerprint density at radius 1 is 1.55 bits per heavy atom. The summed E-state index contributed by atoms with van der Waals surface area (Å²) in [4.78, 5) is 10.5. The van der Waals surface area contributed by atoms with E-state index >= 15 is 0 Å². The average Bonchev–Trinajstić information content (AvgIpc) is 1.88. The van der Waals surface area contributed by atoms with Crippen LogP contribution < -0.4 is 74.2 Å². The first kappa shape index (κ1) is 11.7. The van der Waals surface area contributed by atoms with Gasteiger partial charge in [0.2, 0.25) is 5.91 Å². The molecule has 2 nitrogen and oxygen atoms in total. The molecular weight excluding hydrogens is 259 g/mol. The van der Waals surface area contributed by atoms with Gasteiger partial charge in [0, 0.05) is 6.92 Å². The maximum absolute atomic E-state index is 10.5.